The van der Waals surface area contributed by atoms with Gasteiger partial charge in [-0.25, -0.2) is 0 Å². The highest BCUT2D eigenvalue weighted by Crippen LogP contribution is 2.10. The zero-order chi connectivity index (χ0) is 8.69. The van der Waals surface area contributed by atoms with Crippen molar-refractivity contribution in [1.82, 2.24) is 0 Å². The van der Waals surface area contributed by atoms with Gasteiger partial charge in [0.1, 0.15) is 0 Å². The van der Waals surface area contributed by atoms with Crippen molar-refractivity contribution in [2.45, 2.75) is 6.92 Å². The molecule has 0 fully saturated rings. The van der Waals surface area contributed by atoms with E-state index in [2.05, 4.69) is 29.4 Å². The molecule has 0 saturated heterocycles. The first kappa shape index (κ1) is 11.0. The first-order valence-electron chi connectivity index (χ1n) is 3.36. The number of allylic oxidation sites excluding steroid dienone is 5. The van der Waals surface area contributed by atoms with E-state index >= 15 is 0 Å². The molecule has 11 heavy (non-hydrogen) atoms. The number of alkyl halides is 2. The summed E-state index contributed by atoms with van der Waals surface area (Å²) >= 11 is 9.08. The molecule has 0 aliphatic heterocycles. The first-order chi connectivity index (χ1) is 5.26. The van der Waals surface area contributed by atoms with E-state index in [1.807, 2.05) is 12.2 Å². The highest BCUT2D eigenvalue weighted by Gasteiger charge is 1.94. The topological polar surface area (TPSA) is 0 Å². The van der Waals surface area contributed by atoms with Gasteiger partial charge in [-0.15, -0.1) is 11.6 Å². The van der Waals surface area contributed by atoms with Crippen LogP contribution in [0, 0.1) is 0 Å². The van der Waals surface area contributed by atoms with Crippen LogP contribution in [0.5, 0.6) is 0 Å². The SMILES string of the molecule is C=C/C=C\C(CCl)=C(\C)CBr. The third-order valence-electron chi connectivity index (χ3n) is 1.33. The fraction of sp³-hybridized carbons (Fsp3) is 0.333. The largest absolute Gasteiger partial charge is 0.122 e. The van der Waals surface area contributed by atoms with Gasteiger partial charge in [-0.2, -0.15) is 0 Å². The molecule has 0 aromatic carbocycles. The maximum atomic E-state index is 5.71. The zero-order valence-corrected chi connectivity index (χ0v) is 8.95. The van der Waals surface area contributed by atoms with E-state index in [-0.39, 0.29) is 0 Å². The molecule has 0 aromatic rings. The van der Waals surface area contributed by atoms with Crippen molar-refractivity contribution in [2.24, 2.45) is 0 Å². The second-order valence-electron chi connectivity index (χ2n) is 2.17. The van der Waals surface area contributed by atoms with Crippen LogP contribution in [0.2, 0.25) is 0 Å². The molecule has 0 spiro atoms. The molecule has 0 saturated carbocycles. The van der Waals surface area contributed by atoms with E-state index in [0.717, 1.165) is 10.9 Å². The Balaban J connectivity index is 4.37. The molecule has 0 atom stereocenters. The molecule has 0 aliphatic rings. The van der Waals surface area contributed by atoms with Gasteiger partial charge in [0.25, 0.3) is 0 Å². The van der Waals surface area contributed by atoms with E-state index in [4.69, 9.17) is 11.6 Å². The van der Waals surface area contributed by atoms with Crippen molar-refractivity contribution >= 4 is 27.5 Å². The minimum atomic E-state index is 0.557. The Morgan fingerprint density at radius 3 is 2.64 bits per heavy atom. The molecular formula is C9H12BrCl. The smallest absolute Gasteiger partial charge is 0.0473 e. The fourth-order valence-electron chi connectivity index (χ4n) is 0.571. The van der Waals surface area contributed by atoms with E-state index in [9.17, 15) is 0 Å². The zero-order valence-electron chi connectivity index (χ0n) is 6.61. The standard InChI is InChI=1S/C9H12BrCl/c1-3-4-5-9(7-11)8(2)6-10/h3-5H,1,6-7H2,2H3/b5-4-,9-8+. The predicted octanol–water partition coefficient (Wildman–Crippen LogP) is 3.68. The Bertz CT molecular complexity index is 180. The van der Waals surface area contributed by atoms with Gasteiger partial charge >= 0.3 is 0 Å². The quantitative estimate of drug-likeness (QED) is 0.515. The molecule has 0 rings (SSSR count). The van der Waals surface area contributed by atoms with Crippen LogP contribution in [0.15, 0.2) is 36.0 Å². The van der Waals surface area contributed by atoms with Crippen molar-refractivity contribution in [3.63, 3.8) is 0 Å². The first-order valence-corrected chi connectivity index (χ1v) is 5.01. The third kappa shape index (κ3) is 4.44. The number of hydrogen-bond acceptors (Lipinski definition) is 0. The number of rotatable bonds is 4. The van der Waals surface area contributed by atoms with Crippen molar-refractivity contribution in [1.29, 1.82) is 0 Å². The minimum absolute atomic E-state index is 0.557. The lowest BCUT2D eigenvalue weighted by molar-refractivity contribution is 1.32. The predicted molar refractivity (Wildman–Crippen MR) is 56.6 cm³/mol. The van der Waals surface area contributed by atoms with Crippen LogP contribution >= 0.6 is 27.5 Å². The van der Waals surface area contributed by atoms with Crippen molar-refractivity contribution < 1.29 is 0 Å². The maximum absolute atomic E-state index is 5.71. The Kier molecular flexibility index (Phi) is 6.68. The molecule has 0 unspecified atom stereocenters. The number of halogens is 2. The summed E-state index contributed by atoms with van der Waals surface area (Å²) in [5, 5.41) is 0.872. The van der Waals surface area contributed by atoms with Gasteiger partial charge in [-0.3, -0.25) is 0 Å². The van der Waals surface area contributed by atoms with Crippen LogP contribution in [0.3, 0.4) is 0 Å². The van der Waals surface area contributed by atoms with Gasteiger partial charge in [0.2, 0.25) is 0 Å². The molecule has 0 heterocycles. The summed E-state index contributed by atoms with van der Waals surface area (Å²) in [5.41, 5.74) is 2.42. The lowest BCUT2D eigenvalue weighted by Crippen LogP contribution is -1.87. The van der Waals surface area contributed by atoms with Crippen LogP contribution in [0.25, 0.3) is 0 Å². The lowest BCUT2D eigenvalue weighted by Gasteiger charge is -1.99. The van der Waals surface area contributed by atoms with Gasteiger partial charge in [0.15, 0.2) is 0 Å². The Morgan fingerprint density at radius 2 is 2.27 bits per heavy atom. The summed E-state index contributed by atoms with van der Waals surface area (Å²) < 4.78 is 0. The summed E-state index contributed by atoms with van der Waals surface area (Å²) in [4.78, 5) is 0. The Labute approximate surface area is 81.8 Å². The third-order valence-corrected chi connectivity index (χ3v) is 2.46. The Hall–Kier alpha value is -0.0100. The second kappa shape index (κ2) is 6.68. The second-order valence-corrected chi connectivity index (χ2v) is 3.00. The monoisotopic (exact) mass is 234 g/mol. The van der Waals surface area contributed by atoms with Crippen molar-refractivity contribution in [3.05, 3.63) is 36.0 Å². The highest BCUT2D eigenvalue weighted by molar-refractivity contribution is 9.09. The van der Waals surface area contributed by atoms with Gasteiger partial charge in [0, 0.05) is 11.2 Å². The molecule has 0 nitrogen and oxygen atoms in total. The molecule has 0 N–H and O–H groups in total. The molecule has 0 radical (unpaired) electrons. The summed E-state index contributed by atoms with van der Waals surface area (Å²) in [7, 11) is 0. The van der Waals surface area contributed by atoms with E-state index in [0.29, 0.717) is 5.88 Å². The van der Waals surface area contributed by atoms with Crippen LogP contribution in [-0.2, 0) is 0 Å². The van der Waals surface area contributed by atoms with Gasteiger partial charge in [0.05, 0.1) is 0 Å². The molecular weight excluding hydrogens is 223 g/mol. The van der Waals surface area contributed by atoms with Crippen LogP contribution < -0.4 is 0 Å². The molecule has 0 aliphatic carbocycles. The van der Waals surface area contributed by atoms with Crippen LogP contribution in [0.1, 0.15) is 6.92 Å². The normalized spacial score (nSPS) is 13.4. The molecule has 0 amide bonds. The maximum Gasteiger partial charge on any atom is 0.0473 e. The summed E-state index contributed by atoms with van der Waals surface area (Å²) in [6.45, 7) is 5.64. The van der Waals surface area contributed by atoms with Crippen molar-refractivity contribution in [3.8, 4) is 0 Å². The molecule has 2 heteroatoms. The fourth-order valence-corrected chi connectivity index (χ4v) is 1.25. The summed E-state index contributed by atoms with van der Waals surface area (Å²) in [5.74, 6) is 0.557. The Morgan fingerprint density at radius 1 is 1.64 bits per heavy atom. The van der Waals surface area contributed by atoms with E-state index in [1.54, 1.807) is 6.08 Å². The van der Waals surface area contributed by atoms with E-state index in [1.165, 1.54) is 5.57 Å². The summed E-state index contributed by atoms with van der Waals surface area (Å²) in [6, 6.07) is 0. The average Bonchev–Trinajstić information content (AvgIpc) is 2.05. The van der Waals surface area contributed by atoms with Gasteiger partial charge in [-0.05, 0) is 12.5 Å². The highest BCUT2D eigenvalue weighted by atomic mass is 79.9. The minimum Gasteiger partial charge on any atom is -0.122 e. The lowest BCUT2D eigenvalue weighted by atomic mass is 10.1. The number of hydrogen-bond donors (Lipinski definition) is 0. The van der Waals surface area contributed by atoms with Gasteiger partial charge in [-0.1, -0.05) is 46.3 Å². The van der Waals surface area contributed by atoms with Crippen LogP contribution in [0.4, 0.5) is 0 Å². The summed E-state index contributed by atoms with van der Waals surface area (Å²) in [6.07, 6.45) is 5.62. The molecule has 62 valence electrons. The van der Waals surface area contributed by atoms with E-state index < -0.39 is 0 Å². The van der Waals surface area contributed by atoms with Crippen molar-refractivity contribution in [2.75, 3.05) is 11.2 Å². The van der Waals surface area contributed by atoms with Crippen LogP contribution in [-0.4, -0.2) is 11.2 Å². The molecule has 0 bridgehead atoms. The van der Waals surface area contributed by atoms with Gasteiger partial charge < -0.3 is 0 Å². The average molecular weight is 236 g/mol. The molecule has 0 aromatic heterocycles.